The highest BCUT2D eigenvalue weighted by Crippen LogP contribution is 2.26. The molecular formula is C33H42N2O2S. The first kappa shape index (κ1) is 27.1. The normalized spacial score (nSPS) is 17.7. The summed E-state index contributed by atoms with van der Waals surface area (Å²) in [5.41, 5.74) is 6.60. The predicted molar refractivity (Wildman–Crippen MR) is 156 cm³/mol. The summed E-state index contributed by atoms with van der Waals surface area (Å²) in [6.07, 6.45) is 6.00. The van der Waals surface area contributed by atoms with Crippen LogP contribution in [0.4, 0.5) is 0 Å². The standard InChI is InChI=1S/C33H42N2O2S/c1-27-8-5-6-12-32(27)26-35-21-17-30-13-14-33(24-31(30)18-22-35)38(36,37)23-7-11-28-15-19-34(20-16-28)25-29-9-3-2-4-10-29/h2-6,8-10,12-14,24,28H,7,11,15-23,25-26H2,1H3. The van der Waals surface area contributed by atoms with E-state index in [9.17, 15) is 8.42 Å². The van der Waals surface area contributed by atoms with Gasteiger partial charge in [0, 0.05) is 26.2 Å². The number of fused-ring (bicyclic) bond motifs is 1. The molecule has 38 heavy (non-hydrogen) atoms. The minimum absolute atomic E-state index is 0.259. The first-order valence-corrected chi connectivity index (χ1v) is 16.0. The van der Waals surface area contributed by atoms with Crippen molar-refractivity contribution in [2.24, 2.45) is 5.92 Å². The van der Waals surface area contributed by atoms with E-state index in [1.54, 1.807) is 0 Å². The lowest BCUT2D eigenvalue weighted by molar-refractivity contribution is 0.172. The molecule has 202 valence electrons. The molecule has 0 unspecified atom stereocenters. The number of piperidine rings is 1. The summed E-state index contributed by atoms with van der Waals surface area (Å²) in [6, 6.07) is 25.2. The van der Waals surface area contributed by atoms with Gasteiger partial charge < -0.3 is 0 Å². The summed E-state index contributed by atoms with van der Waals surface area (Å²) in [5, 5.41) is 0. The molecule has 5 heteroatoms. The molecule has 2 aliphatic rings. The Morgan fingerprint density at radius 1 is 0.763 bits per heavy atom. The van der Waals surface area contributed by atoms with Gasteiger partial charge in [0.1, 0.15) is 0 Å². The van der Waals surface area contributed by atoms with E-state index in [1.165, 1.54) is 40.7 Å². The Kier molecular flexibility index (Phi) is 8.98. The Labute approximate surface area is 229 Å². The summed E-state index contributed by atoms with van der Waals surface area (Å²) in [4.78, 5) is 5.54. The van der Waals surface area contributed by atoms with Crippen LogP contribution < -0.4 is 0 Å². The molecule has 3 aromatic rings. The highest BCUT2D eigenvalue weighted by molar-refractivity contribution is 7.91. The van der Waals surface area contributed by atoms with Crippen LogP contribution in [0.25, 0.3) is 0 Å². The molecule has 0 aliphatic carbocycles. The topological polar surface area (TPSA) is 40.6 Å². The molecule has 2 heterocycles. The van der Waals surface area contributed by atoms with E-state index < -0.39 is 9.84 Å². The number of sulfone groups is 1. The van der Waals surface area contributed by atoms with E-state index >= 15 is 0 Å². The summed E-state index contributed by atoms with van der Waals surface area (Å²) in [6.45, 7) is 8.34. The molecule has 1 saturated heterocycles. The summed E-state index contributed by atoms with van der Waals surface area (Å²) in [7, 11) is -3.25. The van der Waals surface area contributed by atoms with Crippen molar-refractivity contribution in [2.45, 2.75) is 63.4 Å². The molecule has 0 atom stereocenters. The smallest absolute Gasteiger partial charge is 0.178 e. The molecule has 0 spiro atoms. The molecule has 0 radical (unpaired) electrons. The molecule has 0 N–H and O–H groups in total. The third kappa shape index (κ3) is 7.13. The van der Waals surface area contributed by atoms with Crippen molar-refractivity contribution in [2.75, 3.05) is 31.9 Å². The van der Waals surface area contributed by atoms with E-state index in [0.717, 1.165) is 65.0 Å². The van der Waals surface area contributed by atoms with Gasteiger partial charge in [-0.15, -0.1) is 0 Å². The van der Waals surface area contributed by atoms with E-state index in [2.05, 4.69) is 77.4 Å². The highest BCUT2D eigenvalue weighted by atomic mass is 32.2. The van der Waals surface area contributed by atoms with E-state index in [0.29, 0.717) is 10.8 Å². The lowest BCUT2D eigenvalue weighted by Crippen LogP contribution is -2.33. The quantitative estimate of drug-likeness (QED) is 0.337. The van der Waals surface area contributed by atoms with Gasteiger partial charge in [0.2, 0.25) is 0 Å². The number of aryl methyl sites for hydroxylation is 1. The van der Waals surface area contributed by atoms with Crippen molar-refractivity contribution in [3.05, 3.63) is 101 Å². The second-order valence-electron chi connectivity index (χ2n) is 11.3. The molecule has 0 bridgehead atoms. The maximum Gasteiger partial charge on any atom is 0.178 e. The van der Waals surface area contributed by atoms with Gasteiger partial charge in [-0.1, -0.05) is 60.7 Å². The van der Waals surface area contributed by atoms with Gasteiger partial charge in [0.25, 0.3) is 0 Å². The van der Waals surface area contributed by atoms with Crippen molar-refractivity contribution >= 4 is 9.84 Å². The van der Waals surface area contributed by atoms with Crippen molar-refractivity contribution in [1.82, 2.24) is 9.80 Å². The monoisotopic (exact) mass is 530 g/mol. The number of benzene rings is 3. The number of nitrogens with zero attached hydrogens (tertiary/aromatic N) is 2. The van der Waals surface area contributed by atoms with Gasteiger partial charge >= 0.3 is 0 Å². The zero-order valence-electron chi connectivity index (χ0n) is 22.8. The van der Waals surface area contributed by atoms with Crippen molar-refractivity contribution < 1.29 is 8.42 Å². The average molecular weight is 531 g/mol. The maximum absolute atomic E-state index is 13.2. The third-order valence-electron chi connectivity index (χ3n) is 8.57. The van der Waals surface area contributed by atoms with Gasteiger partial charge in [-0.25, -0.2) is 8.42 Å². The van der Waals surface area contributed by atoms with Crippen LogP contribution in [0.1, 0.15) is 53.5 Å². The van der Waals surface area contributed by atoms with Crippen LogP contribution in [0.2, 0.25) is 0 Å². The first-order valence-electron chi connectivity index (χ1n) is 14.3. The van der Waals surface area contributed by atoms with E-state index in [-0.39, 0.29) is 5.75 Å². The average Bonchev–Trinajstić information content (AvgIpc) is 3.13. The van der Waals surface area contributed by atoms with Gasteiger partial charge in [-0.2, -0.15) is 0 Å². The first-order chi connectivity index (χ1) is 18.5. The van der Waals surface area contributed by atoms with Crippen LogP contribution in [0.5, 0.6) is 0 Å². The van der Waals surface area contributed by atoms with Crippen LogP contribution in [-0.2, 0) is 35.8 Å². The maximum atomic E-state index is 13.2. The molecule has 2 aliphatic heterocycles. The molecule has 0 amide bonds. The lowest BCUT2D eigenvalue weighted by Gasteiger charge is -2.32. The largest absolute Gasteiger partial charge is 0.299 e. The second kappa shape index (κ2) is 12.6. The number of rotatable bonds is 9. The van der Waals surface area contributed by atoms with E-state index in [1.807, 2.05) is 12.1 Å². The Balaban J connectivity index is 1.10. The summed E-state index contributed by atoms with van der Waals surface area (Å²) >= 11 is 0. The molecule has 5 rings (SSSR count). The minimum Gasteiger partial charge on any atom is -0.299 e. The van der Waals surface area contributed by atoms with Crippen LogP contribution in [-0.4, -0.2) is 50.1 Å². The van der Waals surface area contributed by atoms with Gasteiger partial charge in [-0.05, 0) is 104 Å². The molecule has 4 nitrogen and oxygen atoms in total. The Hall–Kier alpha value is -2.47. The Bertz CT molecular complexity index is 1300. The number of hydrogen-bond acceptors (Lipinski definition) is 4. The summed E-state index contributed by atoms with van der Waals surface area (Å²) < 4.78 is 26.5. The van der Waals surface area contributed by atoms with Crippen LogP contribution in [0, 0.1) is 12.8 Å². The van der Waals surface area contributed by atoms with Gasteiger partial charge in [0.15, 0.2) is 9.84 Å². The third-order valence-corrected chi connectivity index (χ3v) is 10.4. The lowest BCUT2D eigenvalue weighted by atomic mass is 9.92. The fraction of sp³-hybridized carbons (Fsp3) is 0.455. The zero-order chi connectivity index (χ0) is 26.4. The van der Waals surface area contributed by atoms with Gasteiger partial charge in [-0.3, -0.25) is 9.80 Å². The molecule has 0 aromatic heterocycles. The van der Waals surface area contributed by atoms with Crippen molar-refractivity contribution in [3.63, 3.8) is 0 Å². The molecule has 1 fully saturated rings. The van der Waals surface area contributed by atoms with Crippen LogP contribution in [0.3, 0.4) is 0 Å². The van der Waals surface area contributed by atoms with Crippen LogP contribution >= 0.6 is 0 Å². The predicted octanol–water partition coefficient (Wildman–Crippen LogP) is 6.06. The Morgan fingerprint density at radius 3 is 2.21 bits per heavy atom. The number of likely N-dealkylation sites (tertiary alicyclic amines) is 1. The fourth-order valence-corrected chi connectivity index (χ4v) is 7.46. The second-order valence-corrected chi connectivity index (χ2v) is 13.4. The van der Waals surface area contributed by atoms with Crippen LogP contribution in [0.15, 0.2) is 77.7 Å². The Morgan fingerprint density at radius 2 is 1.45 bits per heavy atom. The summed E-state index contributed by atoms with van der Waals surface area (Å²) in [5.74, 6) is 0.901. The number of hydrogen-bond donors (Lipinski definition) is 0. The van der Waals surface area contributed by atoms with Gasteiger partial charge in [0.05, 0.1) is 10.6 Å². The molecule has 0 saturated carbocycles. The SMILES string of the molecule is Cc1ccccc1CN1CCc2ccc(S(=O)(=O)CCCC3CCN(Cc4ccccc4)CC3)cc2CC1. The zero-order valence-corrected chi connectivity index (χ0v) is 23.6. The fourth-order valence-electron chi connectivity index (χ4n) is 6.08. The van der Waals surface area contributed by atoms with E-state index in [4.69, 9.17) is 0 Å². The van der Waals surface area contributed by atoms with Crippen molar-refractivity contribution in [3.8, 4) is 0 Å². The highest BCUT2D eigenvalue weighted by Gasteiger charge is 2.22. The van der Waals surface area contributed by atoms with Crippen molar-refractivity contribution in [1.29, 1.82) is 0 Å². The molecule has 3 aromatic carbocycles. The minimum atomic E-state index is -3.25. The molecular weight excluding hydrogens is 488 g/mol.